The Kier molecular flexibility index (Phi) is 8.38. The highest BCUT2D eigenvalue weighted by atomic mass is 32.2. The number of fused-ring (bicyclic) bond motifs is 1. The van der Waals surface area contributed by atoms with Crippen LogP contribution in [0.3, 0.4) is 0 Å². The van der Waals surface area contributed by atoms with Gasteiger partial charge in [0.15, 0.2) is 0 Å². The zero-order valence-corrected chi connectivity index (χ0v) is 16.8. The van der Waals surface area contributed by atoms with Crippen molar-refractivity contribution in [1.29, 1.82) is 0 Å². The summed E-state index contributed by atoms with van der Waals surface area (Å²) in [5.41, 5.74) is 3.61. The maximum atomic E-state index is 4.18. The second kappa shape index (κ2) is 11.8. The van der Waals surface area contributed by atoms with E-state index in [-0.39, 0.29) is 0 Å². The molecule has 1 nitrogen and oxygen atoms in total. The van der Waals surface area contributed by atoms with Crippen molar-refractivity contribution in [2.24, 2.45) is 0 Å². The summed E-state index contributed by atoms with van der Waals surface area (Å²) in [6.07, 6.45) is 6.71. The summed E-state index contributed by atoms with van der Waals surface area (Å²) in [5.74, 6) is 1.33. The third kappa shape index (κ3) is 6.71. The highest BCUT2D eigenvalue weighted by molar-refractivity contribution is 8.02. The summed E-state index contributed by atoms with van der Waals surface area (Å²) in [6, 6.07) is 32.9. The number of nitrogens with zero attached hydrogens (tertiary/aromatic N) is 1. The van der Waals surface area contributed by atoms with Crippen molar-refractivity contribution in [2.75, 3.05) is 5.75 Å². The molecular weight excluding hydrogens is 358 g/mol. The summed E-state index contributed by atoms with van der Waals surface area (Å²) in [5, 5.41) is 3.38. The van der Waals surface area contributed by atoms with Crippen molar-refractivity contribution >= 4 is 22.7 Å². The zero-order chi connectivity index (χ0) is 19.3. The quantitative estimate of drug-likeness (QED) is 0.335. The molecule has 0 unspecified atom stereocenters. The van der Waals surface area contributed by atoms with Crippen LogP contribution < -0.4 is 0 Å². The molecule has 0 aliphatic carbocycles. The van der Waals surface area contributed by atoms with Gasteiger partial charge in [-0.2, -0.15) is 0 Å². The third-order valence-electron chi connectivity index (χ3n) is 4.22. The summed E-state index contributed by atoms with van der Waals surface area (Å²) >= 11 is 1.91. The van der Waals surface area contributed by atoms with E-state index in [4.69, 9.17) is 0 Å². The Morgan fingerprint density at radius 3 is 1.75 bits per heavy atom. The first-order valence-corrected chi connectivity index (χ1v) is 10.7. The van der Waals surface area contributed by atoms with Crippen molar-refractivity contribution in [1.82, 2.24) is 4.98 Å². The second-order valence-electron chi connectivity index (χ2n) is 6.31. The summed E-state index contributed by atoms with van der Waals surface area (Å²) in [6.45, 7) is 0. The van der Waals surface area contributed by atoms with E-state index >= 15 is 0 Å². The average molecular weight is 384 g/mol. The molecule has 0 radical (unpaired) electrons. The van der Waals surface area contributed by atoms with Crippen LogP contribution in [0.25, 0.3) is 22.0 Å². The van der Waals surface area contributed by atoms with Gasteiger partial charge in [0.05, 0.1) is 5.52 Å². The zero-order valence-electron chi connectivity index (χ0n) is 15.9. The number of pyridine rings is 1. The van der Waals surface area contributed by atoms with Gasteiger partial charge >= 0.3 is 0 Å². The number of hydrogen-bond donors (Lipinski definition) is 0. The monoisotopic (exact) mass is 383 g/mol. The topological polar surface area (TPSA) is 12.9 Å². The lowest BCUT2D eigenvalue weighted by Crippen LogP contribution is -1.78. The fourth-order valence-corrected chi connectivity index (χ4v) is 3.51. The Hall–Kier alpha value is -2.84. The average Bonchev–Trinajstić information content (AvgIpc) is 2.82. The van der Waals surface area contributed by atoms with Gasteiger partial charge in [0.2, 0.25) is 0 Å². The van der Waals surface area contributed by atoms with Crippen molar-refractivity contribution in [3.05, 3.63) is 115 Å². The first-order valence-electron chi connectivity index (χ1n) is 9.60. The van der Waals surface area contributed by atoms with Crippen molar-refractivity contribution in [2.45, 2.75) is 12.8 Å². The smallest absolute Gasteiger partial charge is 0.0701 e. The minimum atomic E-state index is 1.06. The number of benzene rings is 3. The standard InChI is InChI=1S/C12H10.C9H7N.C5H8S/c1-3-7-11(8-4-1)12-9-5-2-6-10-12;1-2-6-9-8(4-1)5-3-7-10-9;1-2-4-6-5-3-1/h1-10H;1-7H;2,4H,1,3,5H2. The van der Waals surface area contributed by atoms with Gasteiger partial charge in [-0.3, -0.25) is 4.98 Å². The molecule has 2 heterocycles. The van der Waals surface area contributed by atoms with Gasteiger partial charge in [0.25, 0.3) is 0 Å². The van der Waals surface area contributed by atoms with Crippen LogP contribution >= 0.6 is 11.8 Å². The Labute approximate surface area is 172 Å². The van der Waals surface area contributed by atoms with E-state index in [1.807, 2.05) is 54.4 Å². The minimum Gasteiger partial charge on any atom is -0.256 e. The van der Waals surface area contributed by atoms with Gasteiger partial charge in [-0.1, -0.05) is 91.0 Å². The van der Waals surface area contributed by atoms with Crippen LogP contribution in [0.5, 0.6) is 0 Å². The molecule has 0 saturated carbocycles. The Bertz CT molecular complexity index is 854. The van der Waals surface area contributed by atoms with Crippen LogP contribution in [-0.4, -0.2) is 10.7 Å². The van der Waals surface area contributed by atoms with Gasteiger partial charge in [-0.25, -0.2) is 0 Å². The summed E-state index contributed by atoms with van der Waals surface area (Å²) in [4.78, 5) is 4.18. The maximum absolute atomic E-state index is 4.18. The molecule has 0 amide bonds. The van der Waals surface area contributed by atoms with Crippen molar-refractivity contribution in [3.63, 3.8) is 0 Å². The molecule has 0 saturated heterocycles. The van der Waals surface area contributed by atoms with Crippen molar-refractivity contribution < 1.29 is 0 Å². The molecule has 0 atom stereocenters. The van der Waals surface area contributed by atoms with E-state index < -0.39 is 0 Å². The number of aromatic nitrogens is 1. The molecule has 1 aromatic heterocycles. The molecule has 0 N–H and O–H groups in total. The molecule has 4 aromatic rings. The molecule has 0 fully saturated rings. The first kappa shape index (κ1) is 19.9. The van der Waals surface area contributed by atoms with Gasteiger partial charge in [0.1, 0.15) is 0 Å². The van der Waals surface area contributed by atoms with Crippen LogP contribution in [-0.2, 0) is 0 Å². The second-order valence-corrected chi connectivity index (χ2v) is 7.33. The van der Waals surface area contributed by atoms with Crippen LogP contribution in [0.2, 0.25) is 0 Å². The fraction of sp³-hybridized carbons (Fsp3) is 0.115. The predicted molar refractivity (Wildman–Crippen MR) is 124 cm³/mol. The molecule has 2 heteroatoms. The largest absolute Gasteiger partial charge is 0.256 e. The summed E-state index contributed by atoms with van der Waals surface area (Å²) in [7, 11) is 0. The predicted octanol–water partition coefficient (Wildman–Crippen LogP) is 7.62. The number of allylic oxidation sites excluding steroid dienone is 1. The molecular formula is C26H25NS. The molecule has 140 valence electrons. The third-order valence-corrected chi connectivity index (χ3v) is 5.13. The summed E-state index contributed by atoms with van der Waals surface area (Å²) < 4.78 is 0. The van der Waals surface area contributed by atoms with Gasteiger partial charge in [-0.05, 0) is 47.3 Å². The first-order chi connectivity index (χ1) is 13.9. The van der Waals surface area contributed by atoms with Crippen LogP contribution in [0.15, 0.2) is 115 Å². The normalized spacial score (nSPS) is 12.3. The molecule has 28 heavy (non-hydrogen) atoms. The van der Waals surface area contributed by atoms with E-state index in [1.165, 1.54) is 35.1 Å². The molecule has 1 aliphatic heterocycles. The van der Waals surface area contributed by atoms with E-state index in [1.54, 1.807) is 0 Å². The SMILES string of the molecule is C1=CSCCC1.c1ccc(-c2ccccc2)cc1.c1ccc2ncccc2c1. The van der Waals surface area contributed by atoms with E-state index in [9.17, 15) is 0 Å². The van der Waals surface area contributed by atoms with Crippen LogP contribution in [0, 0.1) is 0 Å². The molecule has 0 spiro atoms. The highest BCUT2D eigenvalue weighted by Gasteiger charge is 1.92. The molecule has 0 bridgehead atoms. The lowest BCUT2D eigenvalue weighted by molar-refractivity contribution is 0.966. The fourth-order valence-electron chi connectivity index (χ4n) is 2.77. The maximum Gasteiger partial charge on any atom is 0.0701 e. The van der Waals surface area contributed by atoms with Gasteiger partial charge < -0.3 is 0 Å². The lowest BCUT2D eigenvalue weighted by atomic mass is 10.1. The Morgan fingerprint density at radius 2 is 1.25 bits per heavy atom. The molecule has 3 aromatic carbocycles. The van der Waals surface area contributed by atoms with Crippen LogP contribution in [0.1, 0.15) is 12.8 Å². The molecule has 5 rings (SSSR count). The van der Waals surface area contributed by atoms with Crippen molar-refractivity contribution in [3.8, 4) is 11.1 Å². The van der Waals surface area contributed by atoms with Gasteiger partial charge in [0, 0.05) is 11.6 Å². The number of thioether (sulfide) groups is 1. The Balaban J connectivity index is 0.000000127. The number of hydrogen-bond acceptors (Lipinski definition) is 2. The molecule has 1 aliphatic rings. The number of rotatable bonds is 1. The minimum absolute atomic E-state index is 1.06. The number of para-hydroxylation sites is 1. The Morgan fingerprint density at radius 1 is 0.643 bits per heavy atom. The van der Waals surface area contributed by atoms with Gasteiger partial charge in [-0.15, -0.1) is 11.8 Å². The van der Waals surface area contributed by atoms with E-state index in [0.29, 0.717) is 0 Å². The lowest BCUT2D eigenvalue weighted by Gasteiger charge is -1.98. The van der Waals surface area contributed by atoms with E-state index in [2.05, 4.69) is 77.1 Å². The van der Waals surface area contributed by atoms with E-state index in [0.717, 1.165) is 5.52 Å². The highest BCUT2D eigenvalue weighted by Crippen LogP contribution is 2.17. The van der Waals surface area contributed by atoms with Crippen LogP contribution in [0.4, 0.5) is 0 Å².